The number of carbonyl (C=O) groups is 2. The van der Waals surface area contributed by atoms with Gasteiger partial charge in [0.1, 0.15) is 0 Å². The molecular weight excluding hydrogens is 254 g/mol. The summed E-state index contributed by atoms with van der Waals surface area (Å²) in [6.45, 7) is 5.27. The van der Waals surface area contributed by atoms with Crippen LogP contribution in [0.15, 0.2) is 30.3 Å². The number of primary amides is 2. The highest BCUT2D eigenvalue weighted by Crippen LogP contribution is 2.10. The summed E-state index contributed by atoms with van der Waals surface area (Å²) in [5.41, 5.74) is 11.7. The van der Waals surface area contributed by atoms with Gasteiger partial charge in [-0.15, -0.1) is 0 Å². The third kappa shape index (κ3) is 5.40. The predicted octanol–water partition coefficient (Wildman–Crippen LogP) is 0.731. The zero-order chi connectivity index (χ0) is 15.1. The van der Waals surface area contributed by atoms with E-state index in [4.69, 9.17) is 11.5 Å². The van der Waals surface area contributed by atoms with Gasteiger partial charge in [0.15, 0.2) is 0 Å². The zero-order valence-electron chi connectivity index (χ0n) is 12.1. The monoisotopic (exact) mass is 277 g/mol. The van der Waals surface area contributed by atoms with E-state index in [1.165, 1.54) is 0 Å². The van der Waals surface area contributed by atoms with Crippen LogP contribution < -0.4 is 11.5 Å². The molecule has 1 rings (SSSR count). The minimum absolute atomic E-state index is 0.265. The smallest absolute Gasteiger partial charge is 0.221 e. The number of hydrogen-bond donors (Lipinski definition) is 2. The second kappa shape index (κ2) is 7.65. The highest BCUT2D eigenvalue weighted by Gasteiger charge is 2.19. The maximum absolute atomic E-state index is 11.2. The SMILES string of the molecule is CC(CN(Cc1ccccc1)CC(C)C(N)=O)C(N)=O. The molecule has 2 atom stereocenters. The van der Waals surface area contributed by atoms with Gasteiger partial charge in [-0.3, -0.25) is 14.5 Å². The van der Waals surface area contributed by atoms with Crippen LogP contribution in [-0.2, 0) is 16.1 Å². The van der Waals surface area contributed by atoms with Crippen LogP contribution in [0.4, 0.5) is 0 Å². The molecule has 0 saturated heterocycles. The van der Waals surface area contributed by atoms with Gasteiger partial charge in [0.05, 0.1) is 0 Å². The number of amides is 2. The Morgan fingerprint density at radius 2 is 1.45 bits per heavy atom. The molecule has 20 heavy (non-hydrogen) atoms. The summed E-state index contributed by atoms with van der Waals surface area (Å²) in [5, 5.41) is 0. The molecule has 0 aliphatic carbocycles. The molecule has 0 aliphatic heterocycles. The fourth-order valence-electron chi connectivity index (χ4n) is 2.00. The highest BCUT2D eigenvalue weighted by molar-refractivity contribution is 5.77. The van der Waals surface area contributed by atoms with Gasteiger partial charge < -0.3 is 11.5 Å². The molecule has 0 fully saturated rings. The van der Waals surface area contributed by atoms with Gasteiger partial charge in [-0.25, -0.2) is 0 Å². The van der Waals surface area contributed by atoms with Crippen molar-refractivity contribution < 1.29 is 9.59 Å². The molecule has 0 heterocycles. The number of nitrogens with zero attached hydrogens (tertiary/aromatic N) is 1. The Bertz CT molecular complexity index is 426. The first-order valence-electron chi connectivity index (χ1n) is 6.75. The standard InChI is InChI=1S/C15H23N3O2/c1-11(14(16)19)8-18(9-12(2)15(17)20)10-13-6-4-3-5-7-13/h3-7,11-12H,8-10H2,1-2H3,(H2,16,19)(H2,17,20). The van der Waals surface area contributed by atoms with E-state index in [9.17, 15) is 9.59 Å². The normalized spacial score (nSPS) is 13.9. The number of carbonyl (C=O) groups excluding carboxylic acids is 2. The second-order valence-electron chi connectivity index (χ2n) is 5.29. The fraction of sp³-hybridized carbons (Fsp3) is 0.467. The number of rotatable bonds is 8. The molecule has 4 N–H and O–H groups in total. The van der Waals surface area contributed by atoms with Gasteiger partial charge in [0.2, 0.25) is 11.8 Å². The number of nitrogens with two attached hydrogens (primary N) is 2. The lowest BCUT2D eigenvalue weighted by molar-refractivity contribution is -0.122. The maximum Gasteiger partial charge on any atom is 0.221 e. The summed E-state index contributed by atoms with van der Waals surface area (Å²) in [6, 6.07) is 9.89. The first-order valence-corrected chi connectivity index (χ1v) is 6.75. The quantitative estimate of drug-likeness (QED) is 0.734. The van der Waals surface area contributed by atoms with Crippen LogP contribution in [0.25, 0.3) is 0 Å². The first-order chi connectivity index (χ1) is 9.40. The van der Waals surface area contributed by atoms with Crippen LogP contribution in [0, 0.1) is 11.8 Å². The van der Waals surface area contributed by atoms with E-state index in [0.717, 1.165) is 5.56 Å². The van der Waals surface area contributed by atoms with E-state index in [0.29, 0.717) is 19.6 Å². The molecule has 0 aliphatic rings. The predicted molar refractivity (Wildman–Crippen MR) is 78.4 cm³/mol. The van der Waals surface area contributed by atoms with Crippen molar-refractivity contribution in [3.8, 4) is 0 Å². The van der Waals surface area contributed by atoms with Gasteiger partial charge in [0.25, 0.3) is 0 Å². The van der Waals surface area contributed by atoms with E-state index in [2.05, 4.69) is 0 Å². The van der Waals surface area contributed by atoms with E-state index in [1.54, 1.807) is 13.8 Å². The topological polar surface area (TPSA) is 89.4 Å². The van der Waals surface area contributed by atoms with Crippen molar-refractivity contribution in [2.75, 3.05) is 13.1 Å². The van der Waals surface area contributed by atoms with Crippen LogP contribution in [-0.4, -0.2) is 29.8 Å². The van der Waals surface area contributed by atoms with Gasteiger partial charge >= 0.3 is 0 Å². The molecule has 0 saturated carbocycles. The Labute approximate surface area is 119 Å². The van der Waals surface area contributed by atoms with Gasteiger partial charge in [-0.1, -0.05) is 44.2 Å². The summed E-state index contributed by atoms with van der Waals surface area (Å²) in [7, 11) is 0. The van der Waals surface area contributed by atoms with Crippen molar-refractivity contribution in [2.24, 2.45) is 23.3 Å². The largest absolute Gasteiger partial charge is 0.369 e. The van der Waals surface area contributed by atoms with Gasteiger partial charge in [0, 0.05) is 31.5 Å². The fourth-order valence-corrected chi connectivity index (χ4v) is 2.00. The molecule has 110 valence electrons. The summed E-state index contributed by atoms with van der Waals surface area (Å²) < 4.78 is 0. The third-order valence-electron chi connectivity index (χ3n) is 3.28. The molecule has 1 aromatic rings. The molecular formula is C15H23N3O2. The maximum atomic E-state index is 11.2. The molecule has 2 amide bonds. The molecule has 2 unspecified atom stereocenters. The van der Waals surface area contributed by atoms with E-state index in [1.807, 2.05) is 35.2 Å². The molecule has 1 aromatic carbocycles. The lowest BCUT2D eigenvalue weighted by atomic mass is 10.1. The highest BCUT2D eigenvalue weighted by atomic mass is 16.1. The van der Waals surface area contributed by atoms with E-state index < -0.39 is 0 Å². The van der Waals surface area contributed by atoms with Crippen LogP contribution in [0.2, 0.25) is 0 Å². The van der Waals surface area contributed by atoms with Crippen LogP contribution >= 0.6 is 0 Å². The van der Waals surface area contributed by atoms with Gasteiger partial charge in [-0.05, 0) is 5.56 Å². The minimum Gasteiger partial charge on any atom is -0.369 e. The number of hydrogen-bond acceptors (Lipinski definition) is 3. The second-order valence-corrected chi connectivity index (χ2v) is 5.29. The van der Waals surface area contributed by atoms with Gasteiger partial charge in [-0.2, -0.15) is 0 Å². The molecule has 0 radical (unpaired) electrons. The number of benzene rings is 1. The summed E-state index contributed by atoms with van der Waals surface area (Å²) in [6.07, 6.45) is 0. The minimum atomic E-state index is -0.338. The molecule has 0 spiro atoms. The third-order valence-corrected chi connectivity index (χ3v) is 3.28. The van der Waals surface area contributed by atoms with Crippen molar-refractivity contribution in [2.45, 2.75) is 20.4 Å². The van der Waals surface area contributed by atoms with E-state index in [-0.39, 0.29) is 23.7 Å². The Morgan fingerprint density at radius 1 is 1.00 bits per heavy atom. The molecule has 5 heteroatoms. The molecule has 0 bridgehead atoms. The first kappa shape index (κ1) is 16.2. The average Bonchev–Trinajstić information content (AvgIpc) is 2.39. The van der Waals surface area contributed by atoms with Crippen molar-refractivity contribution in [3.05, 3.63) is 35.9 Å². The van der Waals surface area contributed by atoms with Crippen molar-refractivity contribution in [3.63, 3.8) is 0 Å². The van der Waals surface area contributed by atoms with E-state index >= 15 is 0 Å². The summed E-state index contributed by atoms with van der Waals surface area (Å²) in [5.74, 6) is -1.21. The Kier molecular flexibility index (Phi) is 6.18. The average molecular weight is 277 g/mol. The lowest BCUT2D eigenvalue weighted by Crippen LogP contribution is -2.39. The zero-order valence-corrected chi connectivity index (χ0v) is 12.1. The molecule has 5 nitrogen and oxygen atoms in total. The Hall–Kier alpha value is -1.88. The van der Waals surface area contributed by atoms with Crippen molar-refractivity contribution in [1.29, 1.82) is 0 Å². The van der Waals surface area contributed by atoms with Crippen LogP contribution in [0.5, 0.6) is 0 Å². The summed E-state index contributed by atoms with van der Waals surface area (Å²) in [4.78, 5) is 24.5. The Balaban J connectivity index is 2.73. The van der Waals surface area contributed by atoms with Crippen LogP contribution in [0.3, 0.4) is 0 Å². The summed E-state index contributed by atoms with van der Waals surface area (Å²) >= 11 is 0. The lowest BCUT2D eigenvalue weighted by Gasteiger charge is -2.26. The Morgan fingerprint density at radius 3 is 1.85 bits per heavy atom. The molecule has 0 aromatic heterocycles. The van der Waals surface area contributed by atoms with Crippen LogP contribution in [0.1, 0.15) is 19.4 Å². The van der Waals surface area contributed by atoms with Crippen molar-refractivity contribution in [1.82, 2.24) is 4.90 Å². The van der Waals surface area contributed by atoms with Crippen molar-refractivity contribution >= 4 is 11.8 Å².